The summed E-state index contributed by atoms with van der Waals surface area (Å²) in [6, 6.07) is 2.04. The molecule has 4 N–H and O–H groups in total. The van der Waals surface area contributed by atoms with Gasteiger partial charge in [0.25, 0.3) is 11.5 Å². The van der Waals surface area contributed by atoms with Gasteiger partial charge in [0.2, 0.25) is 21.8 Å². The fourth-order valence-corrected chi connectivity index (χ4v) is 8.62. The van der Waals surface area contributed by atoms with Gasteiger partial charge >= 0.3 is 6.09 Å². The highest BCUT2D eigenvalue weighted by molar-refractivity contribution is 7.90. The van der Waals surface area contributed by atoms with Gasteiger partial charge in [-0.3, -0.25) is 23.9 Å². The van der Waals surface area contributed by atoms with Gasteiger partial charge in [-0.2, -0.15) is 0 Å². The first-order valence-electron chi connectivity index (χ1n) is 18.9. The molecule has 14 nitrogen and oxygen atoms in total. The predicted octanol–water partition coefficient (Wildman–Crippen LogP) is 3.77. The number of alkyl carbamates (subject to hydrolysis) is 1. The number of pyridine rings is 1. The summed E-state index contributed by atoms with van der Waals surface area (Å²) in [5, 5.41) is 6.05. The van der Waals surface area contributed by atoms with Crippen LogP contribution in [0.1, 0.15) is 76.7 Å². The molecular weight excluding hydrogens is 727 g/mol. The zero-order valence-electron chi connectivity index (χ0n) is 31.4. The molecule has 1 aromatic heterocycles. The van der Waals surface area contributed by atoms with Gasteiger partial charge in [0, 0.05) is 23.7 Å². The summed E-state index contributed by atoms with van der Waals surface area (Å²) in [5.41, 5.74) is 0.534. The van der Waals surface area contributed by atoms with E-state index in [0.717, 1.165) is 30.2 Å². The van der Waals surface area contributed by atoms with E-state index in [1.807, 2.05) is 23.8 Å². The second-order valence-corrected chi connectivity index (χ2v) is 16.6. The average molecular weight is 778 g/mol. The lowest BCUT2D eigenvalue weighted by molar-refractivity contribution is -0.142. The van der Waals surface area contributed by atoms with Crippen LogP contribution in [0.4, 0.5) is 4.79 Å². The van der Waals surface area contributed by atoms with Crippen molar-refractivity contribution >= 4 is 50.7 Å². The number of hydrogen-bond donors (Lipinski definition) is 4. The summed E-state index contributed by atoms with van der Waals surface area (Å²) < 4.78 is 38.2. The summed E-state index contributed by atoms with van der Waals surface area (Å²) in [7, 11) is -2.36. The van der Waals surface area contributed by atoms with Crippen LogP contribution in [0.3, 0.4) is 0 Å². The van der Waals surface area contributed by atoms with Crippen molar-refractivity contribution in [2.75, 3.05) is 20.3 Å². The van der Waals surface area contributed by atoms with E-state index in [4.69, 9.17) is 15.9 Å². The number of allylic oxidation sites excluding steroid dienone is 1. The molecule has 1 aliphatic heterocycles. The molecule has 0 spiro atoms. The van der Waals surface area contributed by atoms with Crippen molar-refractivity contribution in [3.63, 3.8) is 0 Å². The van der Waals surface area contributed by atoms with E-state index >= 15 is 0 Å². The normalized spacial score (nSPS) is 19.8. The largest absolute Gasteiger partial charge is 0.496 e. The van der Waals surface area contributed by atoms with E-state index < -0.39 is 63.1 Å². The third-order valence-corrected chi connectivity index (χ3v) is 12.4. The molecule has 3 fully saturated rings. The third-order valence-electron chi connectivity index (χ3n) is 10.5. The molecule has 55 heavy (non-hydrogen) atoms. The Morgan fingerprint density at radius 1 is 1.09 bits per heavy atom. The number of carbonyl (C=O) groups excluding carboxylic acids is 4. The minimum absolute atomic E-state index is 0.0740. The van der Waals surface area contributed by atoms with E-state index in [1.165, 1.54) is 11.0 Å². The van der Waals surface area contributed by atoms with Crippen molar-refractivity contribution in [3.8, 4) is 18.1 Å². The summed E-state index contributed by atoms with van der Waals surface area (Å²) in [6.07, 6.45) is 18.0. The first-order chi connectivity index (χ1) is 26.4. The lowest BCUT2D eigenvalue weighted by atomic mass is 9.83. The summed E-state index contributed by atoms with van der Waals surface area (Å²) >= 11 is 0. The maximum Gasteiger partial charge on any atom is 0.407 e. The zero-order valence-corrected chi connectivity index (χ0v) is 32.2. The highest BCUT2D eigenvalue weighted by Crippen LogP contribution is 2.31. The Bertz CT molecular complexity index is 1990. The van der Waals surface area contributed by atoms with Gasteiger partial charge in [-0.15, -0.1) is 13.0 Å². The van der Waals surface area contributed by atoms with Crippen LogP contribution in [0.2, 0.25) is 0 Å². The Labute approximate surface area is 321 Å². The lowest BCUT2D eigenvalue weighted by Crippen LogP contribution is -2.59. The number of sulfonamides is 1. The van der Waals surface area contributed by atoms with Crippen molar-refractivity contribution in [2.45, 2.75) is 94.5 Å². The molecule has 2 aliphatic carbocycles. The van der Waals surface area contributed by atoms with Crippen LogP contribution in [0.5, 0.6) is 5.75 Å². The van der Waals surface area contributed by atoms with Gasteiger partial charge in [0.15, 0.2) is 0 Å². The van der Waals surface area contributed by atoms with E-state index in [2.05, 4.69) is 28.1 Å². The molecule has 0 bridgehead atoms. The van der Waals surface area contributed by atoms with E-state index in [9.17, 15) is 32.4 Å². The van der Waals surface area contributed by atoms with Crippen LogP contribution >= 0.6 is 0 Å². The first-order valence-corrected chi connectivity index (χ1v) is 20.5. The van der Waals surface area contributed by atoms with Gasteiger partial charge in [0.05, 0.1) is 24.9 Å². The SMILES string of the molecule is C#C[C@@H](C=C)C(NC(=O)[C@@H]1CCCN1C(=O)[C@@H](NC(=O)OC[C@H](C)C/C=C/c1cc2c(=O)[nH]ccc2cc1OC)C1CCCCC1)C(=O)NS(=O)(=O)C1CC1. The van der Waals surface area contributed by atoms with Crippen molar-refractivity contribution in [1.82, 2.24) is 25.2 Å². The monoisotopic (exact) mass is 777 g/mol. The molecule has 15 heteroatoms. The molecule has 3 aliphatic rings. The van der Waals surface area contributed by atoms with Crippen LogP contribution in [0.15, 0.2) is 47.9 Å². The Hall–Kier alpha value is -5.10. The molecule has 1 unspecified atom stereocenters. The number of methoxy groups -OCH3 is 1. The Morgan fingerprint density at radius 2 is 1.84 bits per heavy atom. The number of amides is 4. The Morgan fingerprint density at radius 3 is 2.51 bits per heavy atom. The molecule has 0 radical (unpaired) electrons. The highest BCUT2D eigenvalue weighted by Gasteiger charge is 2.43. The number of benzene rings is 1. The molecule has 296 valence electrons. The standard InChI is InChI=1S/C40H51N5O9S/c1-5-26(6-2)34(38(48)44-55(51,52)30-17-18-30)42-37(47)32-16-11-21-45(32)39(49)35(27-13-8-7-9-14-27)43-40(50)54-24-25(3)12-10-15-29-22-31-28(23-33(29)53-4)19-20-41-36(31)46/h1,6,10,15,19-20,22-23,25-27,30,32,34-35H,2,7-9,11-14,16-18,21,24H2,3-4H3,(H,41,46)(H,42,47)(H,43,50)(H,44,48)/b15-10+/t25-,26+,32+,34?,35+/m1/s1. The number of nitrogens with one attached hydrogen (secondary N) is 4. The number of likely N-dealkylation sites (tertiary alicyclic amines) is 1. The van der Waals surface area contributed by atoms with Gasteiger partial charge < -0.3 is 30.0 Å². The first kappa shape index (κ1) is 41.1. The third kappa shape index (κ3) is 10.4. The molecular formula is C40H51N5O9S. The number of carbonyl (C=O) groups is 4. The van der Waals surface area contributed by atoms with Crippen molar-refractivity contribution in [2.24, 2.45) is 17.8 Å². The molecule has 2 aromatic rings. The second kappa shape index (κ2) is 18.5. The number of H-pyrrole nitrogens is 1. The van der Waals surface area contributed by atoms with Gasteiger partial charge in [-0.05, 0) is 80.4 Å². The quantitative estimate of drug-likeness (QED) is 0.145. The zero-order chi connectivity index (χ0) is 39.7. The van der Waals surface area contributed by atoms with Crippen molar-refractivity contribution in [1.29, 1.82) is 0 Å². The number of terminal acetylenes is 1. The number of nitrogens with zero attached hydrogens (tertiary/aromatic N) is 1. The molecule has 5 atom stereocenters. The molecule has 2 saturated carbocycles. The Kier molecular flexibility index (Phi) is 13.8. The molecule has 5 rings (SSSR count). The van der Waals surface area contributed by atoms with Crippen LogP contribution in [0.25, 0.3) is 16.8 Å². The summed E-state index contributed by atoms with van der Waals surface area (Å²) in [5.74, 6) is -0.321. The maximum absolute atomic E-state index is 14.2. The van der Waals surface area contributed by atoms with Crippen molar-refractivity contribution < 1.29 is 37.1 Å². The number of ether oxygens (including phenoxy) is 2. The van der Waals surface area contributed by atoms with Crippen molar-refractivity contribution in [3.05, 3.63) is 59.0 Å². The van der Waals surface area contributed by atoms with E-state index in [-0.39, 0.29) is 30.5 Å². The maximum atomic E-state index is 14.2. The van der Waals surface area contributed by atoms with E-state index in [1.54, 1.807) is 31.5 Å². The Balaban J connectivity index is 1.21. The van der Waals surface area contributed by atoms with Crippen LogP contribution in [-0.4, -0.2) is 85.8 Å². The number of aromatic nitrogens is 1. The number of fused-ring (bicyclic) bond motifs is 1. The molecule has 4 amide bonds. The highest BCUT2D eigenvalue weighted by atomic mass is 32.2. The second-order valence-electron chi connectivity index (χ2n) is 14.7. The summed E-state index contributed by atoms with van der Waals surface area (Å²) in [4.78, 5) is 70.7. The van der Waals surface area contributed by atoms with Crippen LogP contribution in [0, 0.1) is 30.1 Å². The lowest BCUT2D eigenvalue weighted by Gasteiger charge is -2.34. The minimum atomic E-state index is -3.92. The van der Waals surface area contributed by atoms with Gasteiger partial charge in [-0.1, -0.05) is 50.3 Å². The van der Waals surface area contributed by atoms with Crippen LogP contribution in [-0.2, 0) is 29.1 Å². The van der Waals surface area contributed by atoms with Crippen LogP contribution < -0.4 is 25.7 Å². The average Bonchev–Trinajstić information content (AvgIpc) is 3.93. The van der Waals surface area contributed by atoms with Gasteiger partial charge in [-0.25, -0.2) is 13.2 Å². The summed E-state index contributed by atoms with van der Waals surface area (Å²) in [6.45, 7) is 5.89. The molecule has 1 saturated heterocycles. The smallest absolute Gasteiger partial charge is 0.407 e. The number of hydrogen-bond acceptors (Lipinski definition) is 9. The number of aromatic amines is 1. The fraction of sp³-hybridized carbons (Fsp3) is 0.525. The fourth-order valence-electron chi connectivity index (χ4n) is 7.28. The molecule has 2 heterocycles. The minimum Gasteiger partial charge on any atom is -0.496 e. The topological polar surface area (TPSA) is 193 Å². The van der Waals surface area contributed by atoms with Gasteiger partial charge in [0.1, 0.15) is 23.9 Å². The molecule has 1 aromatic carbocycles. The van der Waals surface area contributed by atoms with E-state index in [0.29, 0.717) is 56.1 Å². The predicted molar refractivity (Wildman–Crippen MR) is 208 cm³/mol. The number of rotatable bonds is 16.